The van der Waals surface area contributed by atoms with Crippen molar-refractivity contribution in [2.45, 2.75) is 43.2 Å². The van der Waals surface area contributed by atoms with Gasteiger partial charge in [-0.3, -0.25) is 14.4 Å². The number of ether oxygens (including phenoxy) is 1. The third kappa shape index (κ3) is 5.84. The topological polar surface area (TPSA) is 137 Å². The van der Waals surface area contributed by atoms with Crippen LogP contribution in [0.15, 0.2) is 18.2 Å². The predicted molar refractivity (Wildman–Crippen MR) is 97.7 cm³/mol. The minimum absolute atomic E-state index is 0.0289. The van der Waals surface area contributed by atoms with Crippen molar-refractivity contribution in [1.82, 2.24) is 10.6 Å². The highest BCUT2D eigenvalue weighted by atomic mass is 19.4. The third-order valence-electron chi connectivity index (χ3n) is 4.60. The quantitative estimate of drug-likeness (QED) is 0.280. The normalized spacial score (nSPS) is 20.5. The molecule has 15 heteroatoms. The van der Waals surface area contributed by atoms with Gasteiger partial charge in [0, 0.05) is 19.1 Å². The van der Waals surface area contributed by atoms with Gasteiger partial charge in [-0.05, 0) is 19.1 Å². The van der Waals surface area contributed by atoms with Crippen molar-refractivity contribution < 1.29 is 55.7 Å². The Hall–Kier alpha value is -3.07. The molecule has 33 heavy (non-hydrogen) atoms. The first-order chi connectivity index (χ1) is 15.1. The van der Waals surface area contributed by atoms with Crippen molar-refractivity contribution in [2.24, 2.45) is 0 Å². The number of amides is 3. The molecule has 1 aromatic carbocycles. The van der Waals surface area contributed by atoms with Crippen LogP contribution in [-0.4, -0.2) is 70.9 Å². The fraction of sp³-hybridized carbons (Fsp3) is 0.500. The average molecular weight is 487 g/mol. The largest absolute Gasteiger partial charge is 0.485 e. The van der Waals surface area contributed by atoms with Crippen LogP contribution in [0.1, 0.15) is 13.3 Å². The number of anilines is 1. The van der Waals surface area contributed by atoms with Crippen molar-refractivity contribution in [2.75, 3.05) is 18.5 Å². The zero-order chi connectivity index (χ0) is 25.2. The molecule has 0 aliphatic carbocycles. The Morgan fingerprint density at radius 2 is 1.82 bits per heavy atom. The molecule has 3 amide bonds. The van der Waals surface area contributed by atoms with E-state index in [-0.39, 0.29) is 17.9 Å². The average Bonchev–Trinajstić information content (AvgIpc) is 2.82. The summed E-state index contributed by atoms with van der Waals surface area (Å²) < 4.78 is 81.7. The number of hydrogen-bond donors (Lipinski definition) is 5. The van der Waals surface area contributed by atoms with E-state index in [2.05, 4.69) is 5.32 Å². The van der Waals surface area contributed by atoms with Gasteiger partial charge in [-0.25, -0.2) is 4.39 Å². The number of nitrogens with one attached hydrogen (secondary N) is 3. The molecule has 9 nitrogen and oxygen atoms in total. The van der Waals surface area contributed by atoms with Gasteiger partial charge in [0.25, 0.3) is 17.7 Å². The van der Waals surface area contributed by atoms with Gasteiger partial charge in [0.15, 0.2) is 0 Å². The van der Waals surface area contributed by atoms with E-state index in [0.717, 1.165) is 23.5 Å². The van der Waals surface area contributed by atoms with Gasteiger partial charge in [-0.1, -0.05) is 0 Å². The Labute approximate surface area is 182 Å². The van der Waals surface area contributed by atoms with E-state index in [1.807, 2.05) is 5.32 Å². The maximum absolute atomic E-state index is 13.5. The zero-order valence-corrected chi connectivity index (χ0v) is 16.8. The van der Waals surface area contributed by atoms with Gasteiger partial charge < -0.3 is 30.9 Å². The van der Waals surface area contributed by atoms with Gasteiger partial charge in [-0.2, -0.15) is 22.0 Å². The smallest absolute Gasteiger partial charge is 0.455 e. The first kappa shape index (κ1) is 26.2. The highest BCUT2D eigenvalue weighted by Crippen LogP contribution is 2.35. The Balaban J connectivity index is 2.18. The first-order valence-electron chi connectivity index (χ1n) is 9.24. The van der Waals surface area contributed by atoms with E-state index in [1.54, 1.807) is 0 Å². The summed E-state index contributed by atoms with van der Waals surface area (Å²) in [6.07, 6.45) is -7.54. The summed E-state index contributed by atoms with van der Waals surface area (Å²) in [6.45, 7) is -2.30. The van der Waals surface area contributed by atoms with Crippen LogP contribution < -0.4 is 20.7 Å². The lowest BCUT2D eigenvalue weighted by atomic mass is 10.0. The molecule has 0 unspecified atom stereocenters. The lowest BCUT2D eigenvalue weighted by Crippen LogP contribution is -2.62. The molecule has 0 fully saturated rings. The summed E-state index contributed by atoms with van der Waals surface area (Å²) >= 11 is 0. The van der Waals surface area contributed by atoms with Gasteiger partial charge in [-0.15, -0.1) is 0 Å². The number of hydrogen-bond acceptors (Lipinski definition) is 6. The molecule has 0 radical (unpaired) electrons. The highest BCUT2D eigenvalue weighted by molar-refractivity contribution is 6.09. The van der Waals surface area contributed by atoms with Gasteiger partial charge in [0.05, 0.1) is 12.2 Å². The van der Waals surface area contributed by atoms with E-state index in [1.165, 1.54) is 0 Å². The van der Waals surface area contributed by atoms with Crippen molar-refractivity contribution in [3.63, 3.8) is 0 Å². The number of carbonyl (C=O) groups is 3. The number of benzene rings is 1. The predicted octanol–water partition coefficient (Wildman–Crippen LogP) is 0.457. The second kappa shape index (κ2) is 9.43. The van der Waals surface area contributed by atoms with Crippen molar-refractivity contribution in [3.05, 3.63) is 24.0 Å². The minimum atomic E-state index is -5.99. The lowest BCUT2D eigenvalue weighted by Gasteiger charge is -2.28. The maximum atomic E-state index is 13.5. The summed E-state index contributed by atoms with van der Waals surface area (Å²) in [4.78, 5) is 37.0. The number of carbonyl (C=O) groups excluding carboxylic acids is 3. The molecular weight excluding hydrogens is 468 g/mol. The van der Waals surface area contributed by atoms with Crippen LogP contribution in [0, 0.1) is 5.82 Å². The fourth-order valence-electron chi connectivity index (χ4n) is 2.67. The van der Waals surface area contributed by atoms with E-state index >= 15 is 0 Å². The van der Waals surface area contributed by atoms with Crippen LogP contribution in [0.4, 0.5) is 32.0 Å². The molecule has 184 valence electrons. The molecule has 1 aliphatic rings. The molecule has 0 saturated heterocycles. The number of fused-ring (bicyclic) bond motifs is 1. The maximum Gasteiger partial charge on any atom is 0.455 e. The SMILES string of the molecule is C[C@](O)(C(=O)NCC(F)(F)C(F)(F)F)C(=O)N[C@H]1C(=O)Nc2cc(F)ccc2O[C@H]1CCO. The molecule has 3 atom stereocenters. The van der Waals surface area contributed by atoms with Crippen LogP contribution in [-0.2, 0) is 14.4 Å². The van der Waals surface area contributed by atoms with E-state index < -0.39 is 66.5 Å². The molecular formula is C18H19F6N3O6. The molecule has 1 aliphatic heterocycles. The van der Waals surface area contributed by atoms with E-state index in [0.29, 0.717) is 6.92 Å². The first-order valence-corrected chi connectivity index (χ1v) is 9.24. The van der Waals surface area contributed by atoms with Crippen molar-refractivity contribution in [3.8, 4) is 5.75 Å². The van der Waals surface area contributed by atoms with Crippen LogP contribution in [0.5, 0.6) is 5.75 Å². The zero-order valence-electron chi connectivity index (χ0n) is 16.8. The van der Waals surface area contributed by atoms with Crippen molar-refractivity contribution >= 4 is 23.4 Å². The van der Waals surface area contributed by atoms with Crippen LogP contribution >= 0.6 is 0 Å². The summed E-state index contributed by atoms with van der Waals surface area (Å²) in [5.74, 6) is -10.7. The van der Waals surface area contributed by atoms with Crippen LogP contribution in [0.3, 0.4) is 0 Å². The minimum Gasteiger partial charge on any atom is -0.485 e. The second-order valence-corrected chi connectivity index (χ2v) is 7.21. The molecule has 0 spiro atoms. The monoisotopic (exact) mass is 487 g/mol. The third-order valence-corrected chi connectivity index (χ3v) is 4.60. The summed E-state index contributed by atoms with van der Waals surface area (Å²) in [6, 6.07) is 1.38. The number of aliphatic hydroxyl groups excluding tert-OH is 1. The van der Waals surface area contributed by atoms with Gasteiger partial charge in [0.2, 0.25) is 5.60 Å². The summed E-state index contributed by atoms with van der Waals surface area (Å²) in [5.41, 5.74) is -3.31. The van der Waals surface area contributed by atoms with Crippen LogP contribution in [0.25, 0.3) is 0 Å². The molecule has 0 bridgehead atoms. The molecule has 1 heterocycles. The Bertz CT molecular complexity index is 923. The Kier molecular flexibility index (Phi) is 7.48. The molecule has 5 N–H and O–H groups in total. The number of alkyl halides is 5. The molecule has 1 aromatic rings. The Morgan fingerprint density at radius 1 is 1.18 bits per heavy atom. The van der Waals surface area contributed by atoms with E-state index in [4.69, 9.17) is 4.74 Å². The van der Waals surface area contributed by atoms with Crippen LogP contribution in [0.2, 0.25) is 0 Å². The number of halogens is 6. The molecule has 2 rings (SSSR count). The van der Waals surface area contributed by atoms with E-state index in [9.17, 15) is 50.9 Å². The second-order valence-electron chi connectivity index (χ2n) is 7.21. The van der Waals surface area contributed by atoms with Gasteiger partial charge in [0.1, 0.15) is 23.7 Å². The van der Waals surface area contributed by atoms with Crippen molar-refractivity contribution in [1.29, 1.82) is 0 Å². The Morgan fingerprint density at radius 3 is 2.39 bits per heavy atom. The number of aliphatic hydroxyl groups is 2. The van der Waals surface area contributed by atoms with Gasteiger partial charge >= 0.3 is 12.1 Å². The summed E-state index contributed by atoms with van der Waals surface area (Å²) in [7, 11) is 0. The number of rotatable bonds is 7. The summed E-state index contributed by atoms with van der Waals surface area (Å²) in [5, 5.41) is 24.7. The molecule has 0 saturated carbocycles. The standard InChI is InChI=1S/C18H19F6N3O6/c1-16(32,14(30)25-7-17(20,21)18(22,23)24)15(31)27-12-11(4-5-28)33-10-3-2-8(19)6-9(10)26-13(12)29/h2-3,6,11-12,28,32H,4-5,7H2,1H3,(H,25,30)(H,26,29)(H,27,31)/t11-,12+,16-/m0/s1. The lowest BCUT2D eigenvalue weighted by molar-refractivity contribution is -0.278. The fourth-order valence-corrected chi connectivity index (χ4v) is 2.67. The molecule has 0 aromatic heterocycles. The highest BCUT2D eigenvalue weighted by Gasteiger charge is 2.58.